The Balaban J connectivity index is 1.52. The van der Waals surface area contributed by atoms with Crippen LogP contribution in [0.4, 0.5) is 23.7 Å². The predicted octanol–water partition coefficient (Wildman–Crippen LogP) is 6.32. The molecule has 0 aliphatic carbocycles. The van der Waals surface area contributed by atoms with Gasteiger partial charge in [0.15, 0.2) is 0 Å². The van der Waals surface area contributed by atoms with Crippen LogP contribution in [0.1, 0.15) is 30.0 Å². The molecule has 5 nitrogen and oxygen atoms in total. The molecule has 182 valence electrons. The molecular formula is C27H25F3N2O3. The molecule has 1 fully saturated rings. The zero-order chi connectivity index (χ0) is 24.8. The number of carbonyl (C=O) groups excluding carboxylic acids is 2. The quantitative estimate of drug-likeness (QED) is 0.386. The Morgan fingerprint density at radius 2 is 1.49 bits per heavy atom. The summed E-state index contributed by atoms with van der Waals surface area (Å²) in [6, 6.07) is 22.4. The van der Waals surface area contributed by atoms with Crippen molar-refractivity contribution in [3.05, 3.63) is 96.1 Å². The van der Waals surface area contributed by atoms with Gasteiger partial charge >= 0.3 is 12.3 Å². The van der Waals surface area contributed by atoms with Gasteiger partial charge < -0.3 is 14.5 Å². The molecule has 0 aromatic heterocycles. The summed E-state index contributed by atoms with van der Waals surface area (Å²) in [6.07, 6.45) is -3.01. The van der Waals surface area contributed by atoms with E-state index in [9.17, 15) is 22.8 Å². The van der Waals surface area contributed by atoms with Crippen LogP contribution in [-0.2, 0) is 11.0 Å². The van der Waals surface area contributed by atoms with Crippen LogP contribution in [-0.4, -0.2) is 30.5 Å². The van der Waals surface area contributed by atoms with Gasteiger partial charge in [-0.05, 0) is 60.7 Å². The van der Waals surface area contributed by atoms with Gasteiger partial charge in [-0.15, -0.1) is 0 Å². The second-order valence-electron chi connectivity index (χ2n) is 8.42. The van der Waals surface area contributed by atoms with Crippen LogP contribution in [0, 0.1) is 5.92 Å². The minimum atomic E-state index is -4.45. The fraction of sp³-hybridized carbons (Fsp3) is 0.259. The molecular weight excluding hydrogens is 457 g/mol. The van der Waals surface area contributed by atoms with E-state index >= 15 is 0 Å². The van der Waals surface area contributed by atoms with E-state index < -0.39 is 23.9 Å². The number of likely N-dealkylation sites (tertiary alicyclic amines) is 1. The minimum Gasteiger partial charge on any atom is -0.410 e. The first-order chi connectivity index (χ1) is 16.9. The molecule has 2 amide bonds. The van der Waals surface area contributed by atoms with Crippen molar-refractivity contribution in [2.45, 2.75) is 25.1 Å². The summed E-state index contributed by atoms with van der Waals surface area (Å²) in [5.41, 5.74) is 0.492. The lowest BCUT2D eigenvalue weighted by Gasteiger charge is -2.40. The summed E-state index contributed by atoms with van der Waals surface area (Å²) >= 11 is 0. The Hall–Kier alpha value is -3.81. The molecule has 0 spiro atoms. The van der Waals surface area contributed by atoms with E-state index in [1.807, 2.05) is 36.4 Å². The summed E-state index contributed by atoms with van der Waals surface area (Å²) in [4.78, 5) is 27.9. The van der Waals surface area contributed by atoms with E-state index in [4.69, 9.17) is 4.74 Å². The fourth-order valence-electron chi connectivity index (χ4n) is 4.47. The van der Waals surface area contributed by atoms with Crippen LogP contribution in [0.25, 0.3) is 0 Å². The number of rotatable bonds is 6. The van der Waals surface area contributed by atoms with Gasteiger partial charge in [0.1, 0.15) is 5.75 Å². The third-order valence-corrected chi connectivity index (χ3v) is 6.24. The molecule has 0 N–H and O–H groups in total. The Kier molecular flexibility index (Phi) is 7.39. The number of amides is 2. The molecule has 1 saturated heterocycles. The third kappa shape index (κ3) is 5.82. The maximum Gasteiger partial charge on any atom is 0.416 e. The predicted molar refractivity (Wildman–Crippen MR) is 126 cm³/mol. The summed E-state index contributed by atoms with van der Waals surface area (Å²) in [7, 11) is 0. The fourth-order valence-corrected chi connectivity index (χ4v) is 4.47. The maximum absolute atomic E-state index is 13.0. The van der Waals surface area contributed by atoms with Gasteiger partial charge in [-0.25, -0.2) is 4.79 Å². The van der Waals surface area contributed by atoms with Gasteiger partial charge in [0, 0.05) is 18.8 Å². The lowest BCUT2D eigenvalue weighted by molar-refractivity contribution is -0.137. The van der Waals surface area contributed by atoms with E-state index in [-0.39, 0.29) is 5.92 Å². The van der Waals surface area contributed by atoms with Gasteiger partial charge in [0.25, 0.3) is 0 Å². The van der Waals surface area contributed by atoms with Gasteiger partial charge in [-0.2, -0.15) is 13.2 Å². The monoisotopic (exact) mass is 482 g/mol. The van der Waals surface area contributed by atoms with Gasteiger partial charge in [0.2, 0.25) is 6.41 Å². The SMILES string of the molecule is O=CN(c1ccc(C(F)(F)F)cc1)C(c1ccccc1)C1CCN(C(=O)Oc2ccccc2)CC1. The number of halogens is 3. The molecule has 1 heterocycles. The molecule has 0 saturated carbocycles. The maximum atomic E-state index is 13.0. The molecule has 4 rings (SSSR count). The number of alkyl halides is 3. The zero-order valence-corrected chi connectivity index (χ0v) is 18.9. The van der Waals surface area contributed by atoms with Crippen molar-refractivity contribution in [2.75, 3.05) is 18.0 Å². The first kappa shape index (κ1) is 24.3. The van der Waals surface area contributed by atoms with Crippen LogP contribution in [0.5, 0.6) is 5.75 Å². The molecule has 1 unspecified atom stereocenters. The van der Waals surface area contributed by atoms with E-state index in [2.05, 4.69) is 0 Å². The lowest BCUT2D eigenvalue weighted by Crippen LogP contribution is -2.44. The lowest BCUT2D eigenvalue weighted by atomic mass is 9.84. The molecule has 3 aromatic rings. The Morgan fingerprint density at radius 1 is 0.914 bits per heavy atom. The number of nitrogens with zero attached hydrogens (tertiary/aromatic N) is 2. The molecule has 1 atom stereocenters. The molecule has 1 aliphatic heterocycles. The van der Waals surface area contributed by atoms with Crippen molar-refractivity contribution in [1.29, 1.82) is 0 Å². The van der Waals surface area contributed by atoms with Crippen LogP contribution < -0.4 is 9.64 Å². The summed E-state index contributed by atoms with van der Waals surface area (Å²) in [5.74, 6) is 0.460. The Morgan fingerprint density at radius 3 is 2.03 bits per heavy atom. The first-order valence-electron chi connectivity index (χ1n) is 11.3. The first-order valence-corrected chi connectivity index (χ1v) is 11.3. The van der Waals surface area contributed by atoms with Crippen molar-refractivity contribution >= 4 is 18.2 Å². The van der Waals surface area contributed by atoms with E-state index in [1.54, 1.807) is 29.2 Å². The normalized spacial score (nSPS) is 15.3. The summed E-state index contributed by atoms with van der Waals surface area (Å²) in [5, 5.41) is 0. The largest absolute Gasteiger partial charge is 0.416 e. The van der Waals surface area contributed by atoms with Gasteiger partial charge in [-0.1, -0.05) is 48.5 Å². The van der Waals surface area contributed by atoms with E-state index in [0.717, 1.165) is 17.7 Å². The van der Waals surface area contributed by atoms with Crippen molar-refractivity contribution in [2.24, 2.45) is 5.92 Å². The highest BCUT2D eigenvalue weighted by molar-refractivity contribution is 5.77. The Bertz CT molecular complexity index is 1110. The molecule has 1 aliphatic rings. The van der Waals surface area contributed by atoms with Crippen molar-refractivity contribution in [1.82, 2.24) is 4.90 Å². The summed E-state index contributed by atoms with van der Waals surface area (Å²) < 4.78 is 44.5. The standard InChI is InChI=1S/C27H25F3N2O3/c28-27(29,30)22-11-13-23(14-12-22)32(19-33)25(20-7-3-1-4-8-20)21-15-17-31(18-16-21)26(34)35-24-9-5-2-6-10-24/h1-14,19,21,25H,15-18H2. The van der Waals surface area contributed by atoms with Gasteiger partial charge in [0.05, 0.1) is 11.6 Å². The highest BCUT2D eigenvalue weighted by Crippen LogP contribution is 2.39. The molecule has 35 heavy (non-hydrogen) atoms. The second kappa shape index (κ2) is 10.6. The number of hydrogen-bond donors (Lipinski definition) is 0. The van der Waals surface area contributed by atoms with Crippen LogP contribution in [0.15, 0.2) is 84.9 Å². The number of para-hydroxylation sites is 1. The number of carbonyl (C=O) groups is 2. The topological polar surface area (TPSA) is 49.9 Å². The van der Waals surface area contributed by atoms with E-state index in [1.165, 1.54) is 17.0 Å². The molecule has 0 radical (unpaired) electrons. The van der Waals surface area contributed by atoms with Crippen LogP contribution >= 0.6 is 0 Å². The highest BCUT2D eigenvalue weighted by Gasteiger charge is 2.35. The van der Waals surface area contributed by atoms with Gasteiger partial charge in [-0.3, -0.25) is 4.79 Å². The number of hydrogen-bond acceptors (Lipinski definition) is 3. The second-order valence-corrected chi connectivity index (χ2v) is 8.42. The van der Waals surface area contributed by atoms with Crippen molar-refractivity contribution in [3.8, 4) is 5.75 Å². The Labute approximate surface area is 201 Å². The van der Waals surface area contributed by atoms with Crippen LogP contribution in [0.3, 0.4) is 0 Å². The number of ether oxygens (including phenoxy) is 1. The molecule has 8 heteroatoms. The average molecular weight is 483 g/mol. The van der Waals surface area contributed by atoms with Crippen LogP contribution in [0.2, 0.25) is 0 Å². The minimum absolute atomic E-state index is 0.00864. The number of benzene rings is 3. The number of anilines is 1. The van der Waals surface area contributed by atoms with Crippen molar-refractivity contribution in [3.63, 3.8) is 0 Å². The molecule has 0 bridgehead atoms. The number of piperidine rings is 1. The molecule has 3 aromatic carbocycles. The highest BCUT2D eigenvalue weighted by atomic mass is 19.4. The third-order valence-electron chi connectivity index (χ3n) is 6.24. The summed E-state index contributed by atoms with van der Waals surface area (Å²) in [6.45, 7) is 0.888. The zero-order valence-electron chi connectivity index (χ0n) is 18.9. The van der Waals surface area contributed by atoms with Crippen molar-refractivity contribution < 1.29 is 27.5 Å². The smallest absolute Gasteiger partial charge is 0.410 e. The van der Waals surface area contributed by atoms with E-state index in [0.29, 0.717) is 43.8 Å². The average Bonchev–Trinajstić information content (AvgIpc) is 2.88.